The van der Waals surface area contributed by atoms with Crippen molar-refractivity contribution in [3.8, 4) is 11.3 Å². The molecular formula is C22H17NO3S. The zero-order valence-corrected chi connectivity index (χ0v) is 15.7. The third-order valence-electron chi connectivity index (χ3n) is 4.50. The number of furan rings is 1. The second-order valence-corrected chi connectivity index (χ2v) is 7.35. The fourth-order valence-corrected chi connectivity index (χ4v) is 3.69. The van der Waals surface area contributed by atoms with Crippen LogP contribution in [0, 0.1) is 13.8 Å². The molecule has 1 saturated heterocycles. The minimum absolute atomic E-state index is 0.302. The monoisotopic (exact) mass is 375 g/mol. The topological polar surface area (TPSA) is 50.5 Å². The summed E-state index contributed by atoms with van der Waals surface area (Å²) in [6.07, 6.45) is 1.62. The summed E-state index contributed by atoms with van der Waals surface area (Å²) in [4.78, 5) is 26.7. The van der Waals surface area contributed by atoms with E-state index >= 15 is 0 Å². The molecule has 1 aliphatic rings. The number of amides is 2. The van der Waals surface area contributed by atoms with Gasteiger partial charge in [-0.2, -0.15) is 0 Å². The maximum Gasteiger partial charge on any atom is 0.298 e. The minimum Gasteiger partial charge on any atom is -0.457 e. The first kappa shape index (κ1) is 17.4. The number of carbonyl (C=O) groups excluding carboxylic acids is 2. The van der Waals surface area contributed by atoms with Gasteiger partial charge in [0.1, 0.15) is 11.5 Å². The smallest absolute Gasteiger partial charge is 0.298 e. The number of aryl methyl sites for hydroxylation is 2. The Morgan fingerprint density at radius 3 is 2.44 bits per heavy atom. The molecule has 134 valence electrons. The maximum absolute atomic E-state index is 12.8. The van der Waals surface area contributed by atoms with E-state index in [1.54, 1.807) is 18.2 Å². The van der Waals surface area contributed by atoms with Crippen molar-refractivity contribution in [2.45, 2.75) is 13.8 Å². The van der Waals surface area contributed by atoms with Crippen molar-refractivity contribution in [2.24, 2.45) is 0 Å². The van der Waals surface area contributed by atoms with Crippen molar-refractivity contribution in [3.63, 3.8) is 0 Å². The third kappa shape index (κ3) is 3.34. The highest BCUT2D eigenvalue weighted by molar-refractivity contribution is 8.19. The van der Waals surface area contributed by atoms with Crippen LogP contribution in [-0.2, 0) is 4.79 Å². The van der Waals surface area contributed by atoms with Gasteiger partial charge in [0.2, 0.25) is 0 Å². The van der Waals surface area contributed by atoms with Crippen molar-refractivity contribution in [1.29, 1.82) is 0 Å². The number of thioether (sulfide) groups is 1. The predicted octanol–water partition coefficient (Wildman–Crippen LogP) is 5.80. The van der Waals surface area contributed by atoms with Crippen LogP contribution in [0.5, 0.6) is 0 Å². The molecule has 0 aliphatic carbocycles. The molecule has 27 heavy (non-hydrogen) atoms. The molecule has 0 saturated carbocycles. The maximum atomic E-state index is 12.8. The molecule has 1 aromatic heterocycles. The van der Waals surface area contributed by atoms with Crippen molar-refractivity contribution in [1.82, 2.24) is 0 Å². The Bertz CT molecular complexity index is 1070. The fraction of sp³-hybridized carbons (Fsp3) is 0.0909. The highest BCUT2D eigenvalue weighted by atomic mass is 32.2. The molecule has 0 atom stereocenters. The van der Waals surface area contributed by atoms with E-state index in [0.717, 1.165) is 34.2 Å². The Morgan fingerprint density at radius 1 is 0.926 bits per heavy atom. The summed E-state index contributed by atoms with van der Waals surface area (Å²) in [5, 5.41) is -0.302. The van der Waals surface area contributed by atoms with E-state index in [9.17, 15) is 9.59 Å². The Balaban J connectivity index is 1.62. The van der Waals surface area contributed by atoms with Gasteiger partial charge in [-0.3, -0.25) is 9.59 Å². The van der Waals surface area contributed by atoms with E-state index in [2.05, 4.69) is 0 Å². The van der Waals surface area contributed by atoms with Crippen LogP contribution in [0.15, 0.2) is 70.0 Å². The Morgan fingerprint density at radius 2 is 1.70 bits per heavy atom. The molecule has 3 aromatic rings. The summed E-state index contributed by atoms with van der Waals surface area (Å²) < 4.78 is 5.82. The number of rotatable bonds is 3. The summed E-state index contributed by atoms with van der Waals surface area (Å²) >= 11 is 0.925. The molecule has 4 rings (SSSR count). The molecule has 0 N–H and O–H groups in total. The van der Waals surface area contributed by atoms with Gasteiger partial charge in [0.25, 0.3) is 11.1 Å². The molecule has 1 fully saturated rings. The van der Waals surface area contributed by atoms with E-state index in [1.807, 2.05) is 62.4 Å². The number of nitrogens with zero attached hydrogens (tertiary/aromatic N) is 1. The average Bonchev–Trinajstić information content (AvgIpc) is 3.23. The zero-order valence-electron chi connectivity index (χ0n) is 14.9. The van der Waals surface area contributed by atoms with Crippen LogP contribution in [0.4, 0.5) is 10.5 Å². The van der Waals surface area contributed by atoms with Crippen molar-refractivity contribution in [3.05, 3.63) is 82.5 Å². The molecule has 5 heteroatoms. The number of benzene rings is 2. The number of carbonyl (C=O) groups is 2. The minimum atomic E-state index is -0.328. The molecule has 0 spiro atoms. The molecule has 2 amide bonds. The van der Waals surface area contributed by atoms with Gasteiger partial charge in [-0.25, -0.2) is 4.90 Å². The van der Waals surface area contributed by atoms with E-state index in [-0.39, 0.29) is 11.1 Å². The van der Waals surface area contributed by atoms with Gasteiger partial charge in [0, 0.05) is 11.6 Å². The van der Waals surface area contributed by atoms with Gasteiger partial charge in [-0.05, 0) is 61.0 Å². The molecule has 2 heterocycles. The first-order valence-corrected chi connectivity index (χ1v) is 9.35. The Labute approximate surface area is 161 Å². The van der Waals surface area contributed by atoms with Gasteiger partial charge in [0.05, 0.1) is 10.6 Å². The van der Waals surface area contributed by atoms with Gasteiger partial charge in [-0.1, -0.05) is 36.4 Å². The number of hydrogen-bond donors (Lipinski definition) is 0. The lowest BCUT2D eigenvalue weighted by atomic mass is 10.1. The van der Waals surface area contributed by atoms with Crippen LogP contribution in [0.3, 0.4) is 0 Å². The number of anilines is 1. The molecular weight excluding hydrogens is 358 g/mol. The Hall–Kier alpha value is -3.05. The van der Waals surface area contributed by atoms with Crippen molar-refractivity contribution >= 4 is 34.7 Å². The van der Waals surface area contributed by atoms with Crippen LogP contribution >= 0.6 is 11.8 Å². The number of hydrogen-bond acceptors (Lipinski definition) is 4. The SMILES string of the molecule is Cc1ccc(N2C(=O)S/C(=C\c3ccc(-c4ccccc4)o3)C2=O)cc1C. The highest BCUT2D eigenvalue weighted by Gasteiger charge is 2.36. The van der Waals surface area contributed by atoms with E-state index < -0.39 is 0 Å². The molecule has 2 aromatic carbocycles. The second-order valence-electron chi connectivity index (χ2n) is 6.35. The molecule has 1 aliphatic heterocycles. The summed E-state index contributed by atoms with van der Waals surface area (Å²) in [7, 11) is 0. The summed E-state index contributed by atoms with van der Waals surface area (Å²) in [6, 6.07) is 18.9. The first-order chi connectivity index (χ1) is 13.0. The number of imide groups is 1. The molecule has 4 nitrogen and oxygen atoms in total. The van der Waals surface area contributed by atoms with Crippen LogP contribution < -0.4 is 4.90 Å². The average molecular weight is 375 g/mol. The standard InChI is InChI=1S/C22H17NO3S/c1-14-8-9-17(12-15(14)2)23-21(24)20(27-22(23)25)13-18-10-11-19(26-18)16-6-4-3-5-7-16/h3-13H,1-2H3/b20-13-. The van der Waals surface area contributed by atoms with Crippen LogP contribution in [0.2, 0.25) is 0 Å². The molecule has 0 unspecified atom stereocenters. The molecule has 0 radical (unpaired) electrons. The van der Waals surface area contributed by atoms with E-state index in [1.165, 1.54) is 4.90 Å². The quantitative estimate of drug-likeness (QED) is 0.543. The van der Waals surface area contributed by atoms with Crippen LogP contribution in [0.25, 0.3) is 17.4 Å². The zero-order chi connectivity index (χ0) is 19.0. The van der Waals surface area contributed by atoms with E-state index in [0.29, 0.717) is 16.4 Å². The molecule has 0 bridgehead atoms. The van der Waals surface area contributed by atoms with Crippen molar-refractivity contribution < 1.29 is 14.0 Å². The van der Waals surface area contributed by atoms with Gasteiger partial charge in [0.15, 0.2) is 0 Å². The largest absolute Gasteiger partial charge is 0.457 e. The van der Waals surface area contributed by atoms with Crippen LogP contribution in [-0.4, -0.2) is 11.1 Å². The normalized spacial score (nSPS) is 15.8. The lowest BCUT2D eigenvalue weighted by Crippen LogP contribution is -2.27. The first-order valence-electron chi connectivity index (χ1n) is 8.53. The van der Waals surface area contributed by atoms with Gasteiger partial charge in [-0.15, -0.1) is 0 Å². The lowest BCUT2D eigenvalue weighted by Gasteiger charge is -2.13. The van der Waals surface area contributed by atoms with Crippen molar-refractivity contribution in [2.75, 3.05) is 4.90 Å². The predicted molar refractivity (Wildman–Crippen MR) is 109 cm³/mol. The van der Waals surface area contributed by atoms with Gasteiger partial charge >= 0.3 is 0 Å². The third-order valence-corrected chi connectivity index (χ3v) is 5.37. The lowest BCUT2D eigenvalue weighted by molar-refractivity contribution is -0.113. The fourth-order valence-electron chi connectivity index (χ4n) is 2.87. The van der Waals surface area contributed by atoms with Gasteiger partial charge < -0.3 is 4.42 Å². The Kier molecular flexibility index (Phi) is 4.46. The van der Waals surface area contributed by atoms with E-state index in [4.69, 9.17) is 4.42 Å². The summed E-state index contributed by atoms with van der Waals surface area (Å²) in [5.74, 6) is 0.931. The summed E-state index contributed by atoms with van der Waals surface area (Å²) in [5.41, 5.74) is 3.70. The summed E-state index contributed by atoms with van der Waals surface area (Å²) in [6.45, 7) is 3.95. The highest BCUT2D eigenvalue weighted by Crippen LogP contribution is 2.36. The van der Waals surface area contributed by atoms with Crippen LogP contribution in [0.1, 0.15) is 16.9 Å². The second kappa shape index (κ2) is 6.93.